The molecule has 2 aliphatic carbocycles. The summed E-state index contributed by atoms with van der Waals surface area (Å²) in [5, 5.41) is 0.837. The molecule has 3 aliphatic rings. The lowest BCUT2D eigenvalue weighted by Crippen LogP contribution is -2.21. The summed E-state index contributed by atoms with van der Waals surface area (Å²) < 4.78 is 2.26. The lowest BCUT2D eigenvalue weighted by molar-refractivity contribution is 0.789. The van der Waals surface area contributed by atoms with Crippen LogP contribution < -0.4 is 10.5 Å². The van der Waals surface area contributed by atoms with Crippen LogP contribution in [0.1, 0.15) is 6.42 Å². The van der Waals surface area contributed by atoms with Crippen molar-refractivity contribution in [2.45, 2.75) is 12.0 Å². The number of fused-ring (bicyclic) bond motifs is 3. The van der Waals surface area contributed by atoms with Crippen LogP contribution in [-0.4, -0.2) is 44.7 Å². The molecule has 9 heteroatoms. The Morgan fingerprint density at radius 3 is 3.04 bits per heavy atom. The minimum absolute atomic E-state index is 0.0247. The van der Waals surface area contributed by atoms with E-state index in [0.717, 1.165) is 28.2 Å². The molecule has 0 N–H and O–H groups in total. The van der Waals surface area contributed by atoms with Gasteiger partial charge in [-0.15, -0.1) is 11.3 Å². The fourth-order valence-electron chi connectivity index (χ4n) is 3.92. The summed E-state index contributed by atoms with van der Waals surface area (Å²) in [6, 6.07) is 0. The summed E-state index contributed by atoms with van der Waals surface area (Å²) >= 11 is 3.03. The molecule has 1 aliphatic heterocycles. The second kappa shape index (κ2) is 5.05. The number of hydrogen-bond acceptors (Lipinski definition) is 8. The van der Waals surface area contributed by atoms with Gasteiger partial charge in [0.1, 0.15) is 33.5 Å². The highest BCUT2D eigenvalue weighted by molar-refractivity contribution is 8.15. The highest BCUT2D eigenvalue weighted by atomic mass is 32.2. The number of allylic oxidation sites excluding steroid dienone is 2. The van der Waals surface area contributed by atoms with Crippen LogP contribution in [0.15, 0.2) is 39.5 Å². The van der Waals surface area contributed by atoms with Crippen molar-refractivity contribution in [3.05, 3.63) is 40.1 Å². The van der Waals surface area contributed by atoms with Gasteiger partial charge in [0.25, 0.3) is 5.56 Å². The molecule has 2 atom stereocenters. The van der Waals surface area contributed by atoms with Crippen molar-refractivity contribution in [3.63, 3.8) is 0 Å². The molecule has 6 rings (SSSR count). The second-order valence-corrected chi connectivity index (χ2v) is 9.04. The maximum absolute atomic E-state index is 13.3. The molecular formula is C18H14N6OS2. The van der Waals surface area contributed by atoms with Crippen LogP contribution in [0.4, 0.5) is 5.82 Å². The number of thiophene rings is 1. The standard InChI is InChI=1S/C18H14N6OS2/c1-23(2)15-12-13-14(27-16(12)20-6-19-15)17(25)24(7-21-13)10-3-9-5-18(9)11(4-10)26-8-22-18/h3-4,6-9H,5H2,1-2H3. The summed E-state index contributed by atoms with van der Waals surface area (Å²) in [7, 11) is 3.85. The van der Waals surface area contributed by atoms with Gasteiger partial charge in [0.15, 0.2) is 0 Å². The zero-order chi connectivity index (χ0) is 18.3. The molecule has 1 fully saturated rings. The summed E-state index contributed by atoms with van der Waals surface area (Å²) in [6.07, 6.45) is 8.42. The number of hydrogen-bond donors (Lipinski definition) is 0. The van der Waals surface area contributed by atoms with Gasteiger partial charge in [-0.3, -0.25) is 14.4 Å². The fraction of sp³-hybridized carbons (Fsp3) is 0.278. The molecule has 7 nitrogen and oxygen atoms in total. The van der Waals surface area contributed by atoms with Crippen molar-refractivity contribution in [1.82, 2.24) is 19.5 Å². The Bertz CT molecular complexity index is 1300. The Morgan fingerprint density at radius 1 is 1.30 bits per heavy atom. The van der Waals surface area contributed by atoms with Crippen LogP contribution in [0.25, 0.3) is 26.1 Å². The molecule has 1 spiro atoms. The van der Waals surface area contributed by atoms with E-state index < -0.39 is 0 Å². The molecular weight excluding hydrogens is 380 g/mol. The van der Waals surface area contributed by atoms with E-state index >= 15 is 0 Å². The Kier molecular flexibility index (Phi) is 2.90. The van der Waals surface area contributed by atoms with E-state index in [9.17, 15) is 4.79 Å². The van der Waals surface area contributed by atoms with Crippen molar-refractivity contribution in [1.29, 1.82) is 0 Å². The van der Waals surface area contributed by atoms with Crippen molar-refractivity contribution < 1.29 is 0 Å². The highest BCUT2D eigenvalue weighted by Crippen LogP contribution is 2.61. The minimum atomic E-state index is -0.0622. The lowest BCUT2D eigenvalue weighted by atomic mass is 10.1. The average Bonchev–Trinajstić information content (AvgIpc) is 3.03. The molecule has 0 amide bonds. The Balaban J connectivity index is 1.57. The zero-order valence-corrected chi connectivity index (χ0v) is 16.2. The topological polar surface area (TPSA) is 76.3 Å². The predicted octanol–water partition coefficient (Wildman–Crippen LogP) is 2.74. The molecule has 2 unspecified atom stereocenters. The lowest BCUT2D eigenvalue weighted by Gasteiger charge is -2.16. The second-order valence-electron chi connectivity index (χ2n) is 7.16. The van der Waals surface area contributed by atoms with E-state index in [2.05, 4.69) is 32.1 Å². The minimum Gasteiger partial charge on any atom is -0.362 e. The number of aromatic nitrogens is 4. The zero-order valence-electron chi connectivity index (χ0n) is 14.6. The predicted molar refractivity (Wildman–Crippen MR) is 111 cm³/mol. The molecule has 0 saturated heterocycles. The molecule has 4 heterocycles. The number of nitrogens with zero attached hydrogens (tertiary/aromatic N) is 6. The van der Waals surface area contributed by atoms with Crippen LogP contribution in [-0.2, 0) is 0 Å². The summed E-state index contributed by atoms with van der Waals surface area (Å²) in [5.74, 6) is 1.16. The first-order valence-electron chi connectivity index (χ1n) is 8.55. The maximum atomic E-state index is 13.3. The van der Waals surface area contributed by atoms with Crippen LogP contribution in [0.3, 0.4) is 0 Å². The summed E-state index contributed by atoms with van der Waals surface area (Å²) in [4.78, 5) is 35.1. The van der Waals surface area contributed by atoms with E-state index in [-0.39, 0.29) is 11.1 Å². The molecule has 0 radical (unpaired) electrons. The molecule has 27 heavy (non-hydrogen) atoms. The van der Waals surface area contributed by atoms with Gasteiger partial charge in [-0.1, -0.05) is 17.8 Å². The Morgan fingerprint density at radius 2 is 2.19 bits per heavy atom. The Labute approximate surface area is 162 Å². The van der Waals surface area contributed by atoms with Crippen molar-refractivity contribution in [2.24, 2.45) is 10.9 Å². The number of aliphatic imine (C=N–C) groups is 1. The quantitative estimate of drug-likeness (QED) is 0.665. The van der Waals surface area contributed by atoms with Crippen LogP contribution in [0.2, 0.25) is 0 Å². The third kappa shape index (κ3) is 1.95. The summed E-state index contributed by atoms with van der Waals surface area (Å²) in [5.41, 5.74) is 3.39. The SMILES string of the molecule is CN(C)c1ncnc2sc3c(=O)n(C4=CC5CC56N=CSC6=C4)cnc3c12. The van der Waals surface area contributed by atoms with E-state index in [0.29, 0.717) is 16.1 Å². The van der Waals surface area contributed by atoms with E-state index in [4.69, 9.17) is 0 Å². The van der Waals surface area contributed by atoms with Gasteiger partial charge < -0.3 is 4.90 Å². The van der Waals surface area contributed by atoms with Gasteiger partial charge >= 0.3 is 0 Å². The Hall–Kier alpha value is -2.52. The van der Waals surface area contributed by atoms with Gasteiger partial charge in [0, 0.05) is 30.6 Å². The maximum Gasteiger partial charge on any atom is 0.275 e. The van der Waals surface area contributed by atoms with E-state index in [1.165, 1.54) is 22.6 Å². The van der Waals surface area contributed by atoms with E-state index in [1.54, 1.807) is 22.7 Å². The van der Waals surface area contributed by atoms with Crippen molar-refractivity contribution >= 4 is 60.6 Å². The molecule has 1 saturated carbocycles. The molecule has 0 bridgehead atoms. The molecule has 3 aromatic heterocycles. The largest absolute Gasteiger partial charge is 0.362 e. The number of rotatable bonds is 2. The first kappa shape index (κ1) is 15.5. The van der Waals surface area contributed by atoms with Crippen LogP contribution in [0, 0.1) is 5.92 Å². The summed E-state index contributed by atoms with van der Waals surface area (Å²) in [6.45, 7) is 0. The third-order valence-electron chi connectivity index (χ3n) is 5.38. The first-order chi connectivity index (χ1) is 13.1. The van der Waals surface area contributed by atoms with Gasteiger partial charge in [-0.25, -0.2) is 15.0 Å². The average molecular weight is 394 g/mol. The normalized spacial score (nSPS) is 25.3. The third-order valence-corrected chi connectivity index (χ3v) is 7.40. The highest BCUT2D eigenvalue weighted by Gasteiger charge is 2.59. The van der Waals surface area contributed by atoms with Crippen LogP contribution >= 0.6 is 23.1 Å². The van der Waals surface area contributed by atoms with Crippen molar-refractivity contribution in [3.8, 4) is 0 Å². The number of thioether (sulfide) groups is 1. The first-order valence-corrected chi connectivity index (χ1v) is 10.2. The van der Waals surface area contributed by atoms with Crippen LogP contribution in [0.5, 0.6) is 0 Å². The van der Waals surface area contributed by atoms with Crippen molar-refractivity contribution in [2.75, 3.05) is 19.0 Å². The van der Waals surface area contributed by atoms with Gasteiger partial charge in [-0.05, 0) is 12.5 Å². The molecule has 3 aromatic rings. The van der Waals surface area contributed by atoms with Gasteiger partial charge in [-0.2, -0.15) is 0 Å². The number of anilines is 1. The smallest absolute Gasteiger partial charge is 0.275 e. The monoisotopic (exact) mass is 394 g/mol. The molecule has 0 aromatic carbocycles. The van der Waals surface area contributed by atoms with Gasteiger partial charge in [0.2, 0.25) is 0 Å². The fourth-order valence-corrected chi connectivity index (χ4v) is 5.97. The van der Waals surface area contributed by atoms with E-state index in [1.807, 2.05) is 24.5 Å². The van der Waals surface area contributed by atoms with Gasteiger partial charge in [0.05, 0.1) is 16.5 Å². The molecule has 134 valence electrons.